The highest BCUT2D eigenvalue weighted by Gasteiger charge is 2.35. The minimum absolute atomic E-state index is 0.0244. The van der Waals surface area contributed by atoms with Crippen molar-refractivity contribution in [1.82, 2.24) is 5.01 Å². The second-order valence-corrected chi connectivity index (χ2v) is 7.96. The number of nitrogens with zero attached hydrogens (tertiary/aromatic N) is 3. The Hall–Kier alpha value is -2.91. The lowest BCUT2D eigenvalue weighted by Gasteiger charge is -2.20. The Kier molecular flexibility index (Phi) is 3.83. The van der Waals surface area contributed by atoms with Crippen molar-refractivity contribution in [3.8, 4) is 11.5 Å². The van der Waals surface area contributed by atoms with Gasteiger partial charge in [-0.2, -0.15) is 15.1 Å². The number of thioether (sulfide) groups is 1. The lowest BCUT2D eigenvalue weighted by molar-refractivity contribution is -0.114. The van der Waals surface area contributed by atoms with E-state index in [0.717, 1.165) is 10.6 Å². The average Bonchev–Trinajstić information content (AvgIpc) is 3.39. The number of nitrogens with one attached hydrogen (secondary N) is 1. The molecule has 0 unspecified atom stereocenters. The zero-order chi connectivity index (χ0) is 18.4. The lowest BCUT2D eigenvalue weighted by atomic mass is 10.1. The third-order valence-corrected chi connectivity index (χ3v) is 5.89. The third kappa shape index (κ3) is 2.94. The number of amides is 1. The van der Waals surface area contributed by atoms with Crippen LogP contribution in [0, 0.1) is 5.41 Å². The van der Waals surface area contributed by atoms with Gasteiger partial charge in [-0.25, -0.2) is 0 Å². The highest BCUT2D eigenvalue weighted by Crippen LogP contribution is 2.34. The molecule has 1 aromatic heterocycles. The average molecular weight is 396 g/mol. The molecular weight excluding hydrogens is 384 g/mol. The summed E-state index contributed by atoms with van der Waals surface area (Å²) in [6.07, 6.45) is 2.30. The summed E-state index contributed by atoms with van der Waals surface area (Å²) in [4.78, 5) is 17.8. The van der Waals surface area contributed by atoms with Gasteiger partial charge in [-0.15, -0.1) is 11.3 Å². The number of rotatable bonds is 3. The Balaban J connectivity index is 1.44. The van der Waals surface area contributed by atoms with E-state index in [-0.39, 0.29) is 18.2 Å². The molecule has 2 aromatic rings. The molecule has 0 spiro atoms. The number of fused-ring (bicyclic) bond motifs is 2. The van der Waals surface area contributed by atoms with Crippen LogP contribution in [0.5, 0.6) is 11.5 Å². The number of benzene rings is 1. The predicted molar refractivity (Wildman–Crippen MR) is 106 cm³/mol. The summed E-state index contributed by atoms with van der Waals surface area (Å²) in [6.45, 7) is 0.185. The normalized spacial score (nSPS) is 19.4. The molecular formula is C18H12N4O3S2. The Morgan fingerprint density at radius 2 is 2.15 bits per heavy atom. The number of hydrazone groups is 1. The minimum atomic E-state index is -0.441. The van der Waals surface area contributed by atoms with Gasteiger partial charge >= 0.3 is 0 Å². The summed E-state index contributed by atoms with van der Waals surface area (Å²) in [5.41, 5.74) is 0.931. The van der Waals surface area contributed by atoms with Gasteiger partial charge in [0.2, 0.25) is 12.0 Å². The van der Waals surface area contributed by atoms with E-state index in [1.807, 2.05) is 23.6 Å². The summed E-state index contributed by atoms with van der Waals surface area (Å²) in [5.74, 6) is 0.873. The van der Waals surface area contributed by atoms with Gasteiger partial charge in [-0.05, 0) is 47.0 Å². The summed E-state index contributed by atoms with van der Waals surface area (Å²) < 4.78 is 10.7. The Bertz CT molecular complexity index is 1060. The van der Waals surface area contributed by atoms with Crippen molar-refractivity contribution in [3.05, 3.63) is 51.7 Å². The minimum Gasteiger partial charge on any atom is -0.454 e. The van der Waals surface area contributed by atoms with E-state index in [4.69, 9.17) is 14.9 Å². The van der Waals surface area contributed by atoms with Crippen LogP contribution >= 0.6 is 23.1 Å². The highest BCUT2D eigenvalue weighted by atomic mass is 32.2. The maximum atomic E-state index is 12.5. The van der Waals surface area contributed by atoms with Gasteiger partial charge in [0.15, 0.2) is 17.3 Å². The number of ether oxygens (including phenoxy) is 2. The largest absolute Gasteiger partial charge is 0.454 e. The highest BCUT2D eigenvalue weighted by molar-refractivity contribution is 8.27. The molecule has 9 heteroatoms. The zero-order valence-electron chi connectivity index (χ0n) is 13.8. The maximum absolute atomic E-state index is 12.5. The van der Waals surface area contributed by atoms with Gasteiger partial charge in [0.1, 0.15) is 5.04 Å². The number of carbonyl (C=O) groups is 1. The number of aliphatic imine (C=N–C) groups is 1. The zero-order valence-corrected chi connectivity index (χ0v) is 15.5. The van der Waals surface area contributed by atoms with Crippen molar-refractivity contribution in [2.45, 2.75) is 6.42 Å². The molecule has 27 heavy (non-hydrogen) atoms. The van der Waals surface area contributed by atoms with Crippen LogP contribution in [0.2, 0.25) is 0 Å². The van der Waals surface area contributed by atoms with E-state index in [1.165, 1.54) is 21.6 Å². The summed E-state index contributed by atoms with van der Waals surface area (Å²) in [5, 5.41) is 17.6. The van der Waals surface area contributed by atoms with Crippen LogP contribution < -0.4 is 9.47 Å². The molecule has 4 heterocycles. The van der Waals surface area contributed by atoms with Gasteiger partial charge in [-0.1, -0.05) is 12.1 Å². The Morgan fingerprint density at radius 1 is 1.26 bits per heavy atom. The molecule has 5 rings (SSSR count). The van der Waals surface area contributed by atoms with E-state index in [9.17, 15) is 4.79 Å². The van der Waals surface area contributed by atoms with Crippen LogP contribution in [-0.4, -0.2) is 33.8 Å². The quantitative estimate of drug-likeness (QED) is 0.804. The van der Waals surface area contributed by atoms with Crippen molar-refractivity contribution in [2.24, 2.45) is 10.1 Å². The van der Waals surface area contributed by atoms with Crippen molar-refractivity contribution in [3.63, 3.8) is 0 Å². The van der Waals surface area contributed by atoms with Crippen molar-refractivity contribution in [1.29, 1.82) is 5.41 Å². The van der Waals surface area contributed by atoms with E-state index in [1.54, 1.807) is 29.5 Å². The Morgan fingerprint density at radius 3 is 3.00 bits per heavy atom. The molecule has 1 N–H and O–H groups in total. The van der Waals surface area contributed by atoms with E-state index in [2.05, 4.69) is 10.1 Å². The second kappa shape index (κ2) is 6.36. The molecule has 0 saturated carbocycles. The topological polar surface area (TPSA) is 87.3 Å². The molecule has 1 aromatic carbocycles. The smallest absolute Gasteiger partial charge is 0.283 e. The first-order chi connectivity index (χ1) is 13.2. The second-order valence-electron chi connectivity index (χ2n) is 5.88. The molecule has 7 nitrogen and oxygen atoms in total. The first-order valence-corrected chi connectivity index (χ1v) is 9.78. The SMILES string of the molecule is N=C1C(=Cc2ccc3c(c2)OCO3)C(=O)N=C2SC(Cc3cccs3)=NN12. The molecule has 134 valence electrons. The Labute approximate surface area is 162 Å². The van der Waals surface area contributed by atoms with E-state index >= 15 is 0 Å². The molecule has 0 fully saturated rings. The molecule has 0 aliphatic carbocycles. The fraction of sp³-hybridized carbons (Fsp3) is 0.111. The van der Waals surface area contributed by atoms with Crippen LogP contribution in [0.15, 0.2) is 51.4 Å². The van der Waals surface area contributed by atoms with Gasteiger partial charge < -0.3 is 9.47 Å². The fourth-order valence-corrected chi connectivity index (χ4v) is 4.54. The van der Waals surface area contributed by atoms with Crippen LogP contribution in [-0.2, 0) is 11.2 Å². The molecule has 0 radical (unpaired) electrons. The van der Waals surface area contributed by atoms with E-state index < -0.39 is 5.91 Å². The summed E-state index contributed by atoms with van der Waals surface area (Å²) in [7, 11) is 0. The molecule has 1 amide bonds. The summed E-state index contributed by atoms with van der Waals surface area (Å²) in [6, 6.07) is 9.39. The standard InChI is InChI=1S/C18H12N4O3S2/c19-16-12(6-10-3-4-13-14(7-10)25-9-24-13)17(23)20-18-22(16)21-15(27-18)8-11-2-1-5-26-11/h1-7,19H,8-9H2. The predicted octanol–water partition coefficient (Wildman–Crippen LogP) is 3.34. The van der Waals surface area contributed by atoms with Crippen LogP contribution in [0.4, 0.5) is 0 Å². The maximum Gasteiger partial charge on any atom is 0.283 e. The van der Waals surface area contributed by atoms with Crippen LogP contribution in [0.1, 0.15) is 10.4 Å². The first kappa shape index (κ1) is 16.3. The summed E-state index contributed by atoms with van der Waals surface area (Å²) >= 11 is 2.98. The van der Waals surface area contributed by atoms with Gasteiger partial charge in [0.05, 0.1) is 5.57 Å². The third-order valence-electron chi connectivity index (χ3n) is 4.11. The van der Waals surface area contributed by atoms with E-state index in [0.29, 0.717) is 23.1 Å². The molecule has 3 aliphatic heterocycles. The van der Waals surface area contributed by atoms with Gasteiger partial charge in [0.25, 0.3) is 5.91 Å². The first-order valence-electron chi connectivity index (χ1n) is 8.08. The molecule has 3 aliphatic rings. The van der Waals surface area contributed by atoms with Gasteiger partial charge in [-0.3, -0.25) is 10.2 Å². The van der Waals surface area contributed by atoms with Crippen molar-refractivity contribution < 1.29 is 14.3 Å². The van der Waals surface area contributed by atoms with Crippen LogP contribution in [0.3, 0.4) is 0 Å². The number of hydrogen-bond donors (Lipinski definition) is 1. The van der Waals surface area contributed by atoms with Crippen LogP contribution in [0.25, 0.3) is 6.08 Å². The number of hydrogen-bond acceptors (Lipinski definition) is 7. The monoisotopic (exact) mass is 396 g/mol. The van der Waals surface area contributed by atoms with Crippen molar-refractivity contribution >= 4 is 51.1 Å². The van der Waals surface area contributed by atoms with Crippen molar-refractivity contribution in [2.75, 3.05) is 6.79 Å². The molecule has 0 bridgehead atoms. The number of thiophene rings is 1. The molecule has 0 saturated heterocycles. The number of amidine groups is 2. The fourth-order valence-electron chi connectivity index (χ4n) is 2.83. The number of carbonyl (C=O) groups excluding carboxylic acids is 1. The van der Waals surface area contributed by atoms with Gasteiger partial charge in [0, 0.05) is 11.3 Å². The lowest BCUT2D eigenvalue weighted by Crippen LogP contribution is -2.35. The molecule has 0 atom stereocenters.